The first-order valence-electron chi connectivity index (χ1n) is 9.05. The SMILES string of the molecule is COc1cc2nccc(Oc3cc(C)c(C)nc3-c3ncccn3)c2cc1OC. The van der Waals surface area contributed by atoms with Crippen LogP contribution in [0.15, 0.2) is 48.9 Å². The lowest BCUT2D eigenvalue weighted by Crippen LogP contribution is -1.99. The van der Waals surface area contributed by atoms with Gasteiger partial charge in [-0.2, -0.15) is 0 Å². The summed E-state index contributed by atoms with van der Waals surface area (Å²) in [5.74, 6) is 2.90. The second-order valence-corrected chi connectivity index (χ2v) is 6.45. The summed E-state index contributed by atoms with van der Waals surface area (Å²) in [4.78, 5) is 17.8. The van der Waals surface area contributed by atoms with E-state index in [1.807, 2.05) is 32.0 Å². The highest BCUT2D eigenvalue weighted by atomic mass is 16.5. The maximum atomic E-state index is 6.31. The van der Waals surface area contributed by atoms with Gasteiger partial charge in [-0.3, -0.25) is 4.98 Å². The van der Waals surface area contributed by atoms with Gasteiger partial charge in [0, 0.05) is 35.7 Å². The van der Waals surface area contributed by atoms with E-state index in [2.05, 4.69) is 19.9 Å². The number of aromatic nitrogens is 4. The number of benzene rings is 1. The number of methoxy groups -OCH3 is 2. The molecule has 29 heavy (non-hydrogen) atoms. The second-order valence-electron chi connectivity index (χ2n) is 6.45. The van der Waals surface area contributed by atoms with Gasteiger partial charge in [0.2, 0.25) is 0 Å². The lowest BCUT2D eigenvalue weighted by atomic mass is 10.1. The number of fused-ring (bicyclic) bond motifs is 1. The molecule has 4 rings (SSSR count). The van der Waals surface area contributed by atoms with Gasteiger partial charge in [-0.25, -0.2) is 15.0 Å². The number of pyridine rings is 2. The minimum absolute atomic E-state index is 0.503. The van der Waals surface area contributed by atoms with Crippen LogP contribution in [-0.4, -0.2) is 34.2 Å². The summed E-state index contributed by atoms with van der Waals surface area (Å²) in [7, 11) is 3.19. The van der Waals surface area contributed by atoms with Crippen molar-refractivity contribution in [2.45, 2.75) is 13.8 Å². The Morgan fingerprint density at radius 2 is 1.48 bits per heavy atom. The molecule has 1 aromatic carbocycles. The van der Waals surface area contributed by atoms with Crippen LogP contribution in [0, 0.1) is 13.8 Å². The molecule has 0 atom stereocenters. The maximum absolute atomic E-state index is 6.31. The van der Waals surface area contributed by atoms with Crippen LogP contribution in [-0.2, 0) is 0 Å². The molecular formula is C22H20N4O3. The summed E-state index contributed by atoms with van der Waals surface area (Å²) < 4.78 is 17.1. The molecule has 0 aliphatic heterocycles. The van der Waals surface area contributed by atoms with Crippen molar-refractivity contribution in [2.24, 2.45) is 0 Å². The van der Waals surface area contributed by atoms with E-state index in [0.717, 1.165) is 22.2 Å². The summed E-state index contributed by atoms with van der Waals surface area (Å²) >= 11 is 0. The molecule has 0 bridgehead atoms. The molecule has 4 aromatic rings. The van der Waals surface area contributed by atoms with E-state index in [0.29, 0.717) is 34.5 Å². The molecule has 0 aliphatic carbocycles. The largest absolute Gasteiger partial charge is 0.493 e. The fourth-order valence-corrected chi connectivity index (χ4v) is 2.99. The first-order chi connectivity index (χ1) is 14.1. The zero-order chi connectivity index (χ0) is 20.4. The van der Waals surface area contributed by atoms with Crippen molar-refractivity contribution in [3.05, 3.63) is 60.2 Å². The minimum Gasteiger partial charge on any atom is -0.493 e. The lowest BCUT2D eigenvalue weighted by molar-refractivity contribution is 0.355. The molecule has 7 heteroatoms. The number of ether oxygens (including phenoxy) is 3. The van der Waals surface area contributed by atoms with Crippen molar-refractivity contribution in [1.29, 1.82) is 0 Å². The van der Waals surface area contributed by atoms with Gasteiger partial charge in [-0.15, -0.1) is 0 Å². The molecule has 0 N–H and O–H groups in total. The van der Waals surface area contributed by atoms with Crippen LogP contribution >= 0.6 is 0 Å². The Bertz CT molecular complexity index is 1180. The Kier molecular flexibility index (Phi) is 4.95. The zero-order valence-electron chi connectivity index (χ0n) is 16.6. The molecule has 0 radical (unpaired) electrons. The topological polar surface area (TPSA) is 79.3 Å². The van der Waals surface area contributed by atoms with E-state index in [1.165, 1.54) is 0 Å². The summed E-state index contributed by atoms with van der Waals surface area (Å²) in [6.07, 6.45) is 5.06. The van der Waals surface area contributed by atoms with Crippen molar-refractivity contribution in [2.75, 3.05) is 14.2 Å². The van der Waals surface area contributed by atoms with Crippen molar-refractivity contribution in [1.82, 2.24) is 19.9 Å². The normalized spacial score (nSPS) is 10.8. The minimum atomic E-state index is 0.503. The van der Waals surface area contributed by atoms with Crippen LogP contribution in [0.2, 0.25) is 0 Å². The molecule has 3 aromatic heterocycles. The molecule has 0 spiro atoms. The van der Waals surface area contributed by atoms with Crippen LogP contribution in [0.4, 0.5) is 0 Å². The van der Waals surface area contributed by atoms with Crippen molar-refractivity contribution < 1.29 is 14.2 Å². The van der Waals surface area contributed by atoms with Gasteiger partial charge in [0.25, 0.3) is 0 Å². The third-order valence-corrected chi connectivity index (χ3v) is 4.64. The molecule has 0 amide bonds. The molecule has 0 saturated heterocycles. The van der Waals surface area contributed by atoms with E-state index in [-0.39, 0.29) is 0 Å². The number of rotatable bonds is 5. The van der Waals surface area contributed by atoms with Gasteiger partial charge >= 0.3 is 0 Å². The highest BCUT2D eigenvalue weighted by Gasteiger charge is 2.17. The average Bonchev–Trinajstić information content (AvgIpc) is 2.76. The number of hydrogen-bond acceptors (Lipinski definition) is 7. The van der Waals surface area contributed by atoms with Gasteiger partial charge in [0.15, 0.2) is 28.8 Å². The van der Waals surface area contributed by atoms with Gasteiger partial charge < -0.3 is 14.2 Å². The Morgan fingerprint density at radius 3 is 2.21 bits per heavy atom. The standard InChI is InChI=1S/C22H20N4O3/c1-13-10-20(21(26-14(13)2)22-24-7-5-8-25-22)29-17-6-9-23-16-12-19(28-4)18(27-3)11-15(16)17/h5-12H,1-4H3. The summed E-state index contributed by atoms with van der Waals surface area (Å²) in [6, 6.07) is 9.19. The van der Waals surface area contributed by atoms with E-state index in [1.54, 1.807) is 44.9 Å². The smallest absolute Gasteiger partial charge is 0.181 e. The second kappa shape index (κ2) is 7.71. The van der Waals surface area contributed by atoms with Crippen LogP contribution in [0.3, 0.4) is 0 Å². The predicted molar refractivity (Wildman–Crippen MR) is 110 cm³/mol. The highest BCUT2D eigenvalue weighted by Crippen LogP contribution is 2.38. The average molecular weight is 388 g/mol. The van der Waals surface area contributed by atoms with Crippen molar-refractivity contribution in [3.63, 3.8) is 0 Å². The Labute approximate surface area is 168 Å². The quantitative estimate of drug-likeness (QED) is 0.497. The Balaban J connectivity index is 1.86. The van der Waals surface area contributed by atoms with Gasteiger partial charge in [-0.05, 0) is 43.7 Å². The maximum Gasteiger partial charge on any atom is 0.181 e. The molecule has 3 heterocycles. The Morgan fingerprint density at radius 1 is 0.759 bits per heavy atom. The summed E-state index contributed by atoms with van der Waals surface area (Å²) in [6.45, 7) is 3.94. The first kappa shape index (κ1) is 18.6. The van der Waals surface area contributed by atoms with Crippen molar-refractivity contribution >= 4 is 10.9 Å². The molecule has 0 unspecified atom stereocenters. The molecule has 0 saturated carbocycles. The summed E-state index contributed by atoms with van der Waals surface area (Å²) in [5.41, 5.74) is 3.22. The van der Waals surface area contributed by atoms with E-state index < -0.39 is 0 Å². The number of aryl methyl sites for hydroxylation is 2. The third-order valence-electron chi connectivity index (χ3n) is 4.64. The zero-order valence-corrected chi connectivity index (χ0v) is 16.6. The van der Waals surface area contributed by atoms with Crippen LogP contribution < -0.4 is 14.2 Å². The molecular weight excluding hydrogens is 368 g/mol. The van der Waals surface area contributed by atoms with E-state index in [9.17, 15) is 0 Å². The fourth-order valence-electron chi connectivity index (χ4n) is 2.99. The first-order valence-corrected chi connectivity index (χ1v) is 9.05. The van der Waals surface area contributed by atoms with Crippen LogP contribution in [0.1, 0.15) is 11.3 Å². The van der Waals surface area contributed by atoms with E-state index in [4.69, 9.17) is 14.2 Å². The third kappa shape index (κ3) is 3.54. The molecule has 0 aliphatic rings. The van der Waals surface area contributed by atoms with Crippen LogP contribution in [0.25, 0.3) is 22.4 Å². The van der Waals surface area contributed by atoms with Gasteiger partial charge in [-0.1, -0.05) is 0 Å². The fraction of sp³-hybridized carbons (Fsp3) is 0.182. The summed E-state index contributed by atoms with van der Waals surface area (Å²) in [5, 5.41) is 0.795. The number of nitrogens with zero attached hydrogens (tertiary/aromatic N) is 4. The molecule has 0 fully saturated rings. The molecule has 7 nitrogen and oxygen atoms in total. The predicted octanol–water partition coefficient (Wildman–Crippen LogP) is 4.51. The Hall–Kier alpha value is -3.74. The van der Waals surface area contributed by atoms with Crippen molar-refractivity contribution in [3.8, 4) is 34.5 Å². The lowest BCUT2D eigenvalue weighted by Gasteiger charge is -2.15. The monoisotopic (exact) mass is 388 g/mol. The van der Waals surface area contributed by atoms with Gasteiger partial charge in [0.1, 0.15) is 5.75 Å². The van der Waals surface area contributed by atoms with Gasteiger partial charge in [0.05, 0.1) is 19.7 Å². The molecule has 146 valence electrons. The van der Waals surface area contributed by atoms with Crippen LogP contribution in [0.5, 0.6) is 23.0 Å². The highest BCUT2D eigenvalue weighted by molar-refractivity contribution is 5.88. The van der Waals surface area contributed by atoms with E-state index >= 15 is 0 Å². The number of hydrogen-bond donors (Lipinski definition) is 0.